The highest BCUT2D eigenvalue weighted by Gasteiger charge is 2.17. The van der Waals surface area contributed by atoms with Gasteiger partial charge in [-0.05, 0) is 128 Å². The van der Waals surface area contributed by atoms with Crippen molar-refractivity contribution < 1.29 is 4.79 Å². The van der Waals surface area contributed by atoms with Crippen LogP contribution in [0.5, 0.6) is 0 Å². The number of rotatable bonds is 11. The Morgan fingerprint density at radius 2 is 0.797 bits per heavy atom. The molecule has 8 aromatic carbocycles. The highest BCUT2D eigenvalue weighted by Crippen LogP contribution is 2.41. The highest BCUT2D eigenvalue weighted by molar-refractivity contribution is 7.84. The predicted octanol–water partition coefficient (Wildman–Crippen LogP) is 15.8. The van der Waals surface area contributed by atoms with Crippen LogP contribution in [0, 0.1) is 0 Å². The molecule has 0 amide bonds. The van der Waals surface area contributed by atoms with E-state index in [1.807, 2.05) is 31.2 Å². The summed E-state index contributed by atoms with van der Waals surface area (Å²) in [6.07, 6.45) is 2.65. The molecule has 0 aliphatic rings. The summed E-state index contributed by atoms with van der Waals surface area (Å²) < 4.78 is 0. The minimum absolute atomic E-state index is 0.0735. The van der Waals surface area contributed by atoms with Crippen LogP contribution >= 0.6 is 12.6 Å². The molecule has 2 aromatic heterocycles. The normalized spacial score (nSPS) is 11.6. The van der Waals surface area contributed by atoms with Gasteiger partial charge < -0.3 is 0 Å². The standard InChI is InChI=1S/C60H44N2OS/c1-40(64)36-51(63)33-30-41-12-2-5-15-52(41)48-37-49(55-18-8-6-16-53(55)42-22-26-46(27-23-42)59-34-31-44-13-3-10-20-57(44)61-59)39-50(38-48)56-19-9-7-17-54(56)43-24-28-47(29-25-43)60-35-32-45-14-4-11-21-58(45)62-60/h2-29,31-32,34-39,64H,30,33H2,1H3. The maximum atomic E-state index is 12.9. The molecule has 0 saturated carbocycles. The lowest BCUT2D eigenvalue weighted by molar-refractivity contribution is -0.114. The monoisotopic (exact) mass is 840 g/mol. The molecule has 10 rings (SSSR count). The lowest BCUT2D eigenvalue weighted by Crippen LogP contribution is -1.99. The Kier molecular flexibility index (Phi) is 11.4. The summed E-state index contributed by atoms with van der Waals surface area (Å²) in [5.41, 5.74) is 18.4. The van der Waals surface area contributed by atoms with E-state index in [-0.39, 0.29) is 5.78 Å². The third-order valence-corrected chi connectivity index (χ3v) is 12.1. The summed E-state index contributed by atoms with van der Waals surface area (Å²) in [6.45, 7) is 1.84. The van der Waals surface area contributed by atoms with Crippen molar-refractivity contribution in [1.29, 1.82) is 0 Å². The Labute approximate surface area is 379 Å². The van der Waals surface area contributed by atoms with Crippen molar-refractivity contribution in [2.75, 3.05) is 0 Å². The number of hydrogen-bond donors (Lipinski definition) is 1. The second-order valence-corrected chi connectivity index (χ2v) is 16.9. The predicted molar refractivity (Wildman–Crippen MR) is 271 cm³/mol. The Morgan fingerprint density at radius 1 is 0.422 bits per heavy atom. The van der Waals surface area contributed by atoms with E-state index in [0.29, 0.717) is 17.7 Å². The van der Waals surface area contributed by atoms with E-state index in [1.165, 1.54) is 0 Å². The smallest absolute Gasteiger partial charge is 0.156 e. The quantitative estimate of drug-likeness (QED) is 0.104. The number of ketones is 1. The molecular formula is C60H44N2OS. The molecule has 0 aliphatic heterocycles. The van der Waals surface area contributed by atoms with Crippen LogP contribution < -0.4 is 0 Å². The molecule has 2 heterocycles. The number of thiol groups is 1. The third kappa shape index (κ3) is 8.57. The van der Waals surface area contributed by atoms with E-state index in [0.717, 1.165) is 106 Å². The van der Waals surface area contributed by atoms with Gasteiger partial charge in [-0.1, -0.05) is 170 Å². The number of carbonyl (C=O) groups is 1. The minimum Gasteiger partial charge on any atom is -0.295 e. The molecule has 3 nitrogen and oxygen atoms in total. The van der Waals surface area contributed by atoms with Crippen LogP contribution in [-0.2, 0) is 11.2 Å². The number of nitrogens with zero attached hydrogens (tertiary/aromatic N) is 2. The Bertz CT molecular complexity index is 3180. The van der Waals surface area contributed by atoms with Crippen molar-refractivity contribution in [2.24, 2.45) is 0 Å². The van der Waals surface area contributed by atoms with Crippen molar-refractivity contribution in [3.05, 3.63) is 229 Å². The molecule has 4 heteroatoms. The van der Waals surface area contributed by atoms with Crippen molar-refractivity contribution in [3.8, 4) is 78.1 Å². The van der Waals surface area contributed by atoms with Crippen LogP contribution in [0.3, 0.4) is 0 Å². The molecule has 0 spiro atoms. The van der Waals surface area contributed by atoms with E-state index in [1.54, 1.807) is 6.08 Å². The summed E-state index contributed by atoms with van der Waals surface area (Å²) in [7, 11) is 0. The second kappa shape index (κ2) is 18.0. The van der Waals surface area contributed by atoms with Gasteiger partial charge in [-0.2, -0.15) is 0 Å². The van der Waals surface area contributed by atoms with Gasteiger partial charge in [0.25, 0.3) is 0 Å². The van der Waals surface area contributed by atoms with Crippen molar-refractivity contribution in [3.63, 3.8) is 0 Å². The molecule has 0 fully saturated rings. The van der Waals surface area contributed by atoms with Crippen molar-refractivity contribution >= 4 is 40.2 Å². The number of fused-ring (bicyclic) bond motifs is 2. The first kappa shape index (κ1) is 40.4. The second-order valence-electron chi connectivity index (χ2n) is 16.2. The fraction of sp³-hybridized carbons (Fsp3) is 0.0500. The molecule has 0 aliphatic carbocycles. The van der Waals surface area contributed by atoms with Crippen LogP contribution in [0.4, 0.5) is 0 Å². The van der Waals surface area contributed by atoms with Crippen molar-refractivity contribution in [2.45, 2.75) is 19.8 Å². The minimum atomic E-state index is 0.0735. The van der Waals surface area contributed by atoms with Gasteiger partial charge in [0.2, 0.25) is 0 Å². The van der Waals surface area contributed by atoms with Crippen molar-refractivity contribution in [1.82, 2.24) is 9.97 Å². The molecule has 0 radical (unpaired) electrons. The van der Waals surface area contributed by atoms with Gasteiger partial charge in [-0.3, -0.25) is 4.79 Å². The topological polar surface area (TPSA) is 42.9 Å². The number of aromatic nitrogens is 2. The maximum absolute atomic E-state index is 12.9. The molecule has 64 heavy (non-hydrogen) atoms. The SMILES string of the molecule is CC(S)=CC(=O)CCc1ccccc1-c1cc(-c2ccccc2-c2ccc(-c3ccc4ccccc4n3)cc2)cc(-c2ccccc2-c2ccc(-c3ccc4ccccc4n3)cc2)c1. The Morgan fingerprint density at radius 3 is 1.27 bits per heavy atom. The fourth-order valence-corrected chi connectivity index (χ4v) is 8.89. The Balaban J connectivity index is 1.07. The van der Waals surface area contributed by atoms with E-state index in [4.69, 9.17) is 9.97 Å². The zero-order chi connectivity index (χ0) is 43.4. The number of pyridine rings is 2. The lowest BCUT2D eigenvalue weighted by Gasteiger charge is -2.18. The Hall–Kier alpha value is -7.66. The number of aryl methyl sites for hydroxylation is 1. The molecular weight excluding hydrogens is 797 g/mol. The highest BCUT2D eigenvalue weighted by atomic mass is 32.1. The van der Waals surface area contributed by atoms with Crippen LogP contribution in [0.2, 0.25) is 0 Å². The van der Waals surface area contributed by atoms with Crippen LogP contribution in [0.15, 0.2) is 223 Å². The number of hydrogen-bond acceptors (Lipinski definition) is 4. The molecule has 0 unspecified atom stereocenters. The zero-order valence-corrected chi connectivity index (χ0v) is 36.3. The van der Waals surface area contributed by atoms with Crippen LogP contribution in [0.25, 0.3) is 100.0 Å². The zero-order valence-electron chi connectivity index (χ0n) is 35.4. The number of allylic oxidation sites excluding steroid dienone is 2. The number of benzene rings is 8. The van der Waals surface area contributed by atoms with Gasteiger partial charge in [0.05, 0.1) is 22.4 Å². The first-order valence-corrected chi connectivity index (χ1v) is 22.1. The summed E-state index contributed by atoms with van der Waals surface area (Å²) in [4.78, 5) is 23.5. The summed E-state index contributed by atoms with van der Waals surface area (Å²) in [5, 5.41) is 2.26. The first-order valence-electron chi connectivity index (χ1n) is 21.7. The van der Waals surface area contributed by atoms with Gasteiger partial charge in [0.1, 0.15) is 0 Å². The van der Waals surface area contributed by atoms with Gasteiger partial charge >= 0.3 is 0 Å². The number of carbonyl (C=O) groups excluding carboxylic acids is 1. The van der Waals surface area contributed by atoms with Gasteiger partial charge in [0, 0.05) is 28.3 Å². The third-order valence-electron chi connectivity index (χ3n) is 11.9. The van der Waals surface area contributed by atoms with E-state index < -0.39 is 0 Å². The average Bonchev–Trinajstić information content (AvgIpc) is 3.35. The van der Waals surface area contributed by atoms with Gasteiger partial charge in [0.15, 0.2) is 5.78 Å². The molecule has 306 valence electrons. The first-order chi connectivity index (χ1) is 31.4. The molecule has 0 saturated heterocycles. The summed E-state index contributed by atoms with van der Waals surface area (Å²) in [5.74, 6) is 0.0735. The molecule has 0 bridgehead atoms. The maximum Gasteiger partial charge on any atom is 0.156 e. The largest absolute Gasteiger partial charge is 0.295 e. The van der Waals surface area contributed by atoms with E-state index in [2.05, 4.69) is 201 Å². The lowest BCUT2D eigenvalue weighted by atomic mass is 9.86. The molecule has 10 aromatic rings. The van der Waals surface area contributed by atoms with E-state index in [9.17, 15) is 4.79 Å². The summed E-state index contributed by atoms with van der Waals surface area (Å²) >= 11 is 4.36. The molecule has 0 atom stereocenters. The fourth-order valence-electron chi connectivity index (χ4n) is 8.74. The van der Waals surface area contributed by atoms with Gasteiger partial charge in [-0.15, -0.1) is 12.6 Å². The van der Waals surface area contributed by atoms with Crippen LogP contribution in [0.1, 0.15) is 18.9 Å². The van der Waals surface area contributed by atoms with E-state index >= 15 is 0 Å². The molecule has 0 N–H and O–H groups in total. The van der Waals surface area contributed by atoms with Crippen LogP contribution in [-0.4, -0.2) is 15.8 Å². The van der Waals surface area contributed by atoms with Gasteiger partial charge in [-0.25, -0.2) is 9.97 Å². The number of para-hydroxylation sites is 2. The average molecular weight is 841 g/mol. The summed E-state index contributed by atoms with van der Waals surface area (Å²) in [6, 6.07) is 75.2.